The van der Waals surface area contributed by atoms with Gasteiger partial charge in [0.25, 0.3) is 10.0 Å². The van der Waals surface area contributed by atoms with Gasteiger partial charge in [-0.1, -0.05) is 60.1 Å². The third-order valence-corrected chi connectivity index (χ3v) is 5.38. The number of para-hydroxylation sites is 1. The van der Waals surface area contributed by atoms with Crippen LogP contribution in [0.15, 0.2) is 89.8 Å². The van der Waals surface area contributed by atoms with Crippen LogP contribution < -0.4 is 4.72 Å². The van der Waals surface area contributed by atoms with E-state index >= 15 is 0 Å². The number of halogens is 1. The van der Waals surface area contributed by atoms with Gasteiger partial charge in [-0.2, -0.15) is 0 Å². The zero-order valence-corrected chi connectivity index (χ0v) is 15.7. The van der Waals surface area contributed by atoms with Gasteiger partial charge in [-0.15, -0.1) is 0 Å². The average Bonchev–Trinajstić information content (AvgIpc) is 2.68. The SMILES string of the molecule is O=C(/C=C/c1ccc(Cl)cc1)c1cccc(S(=O)(=O)Nc2ccccc2)c1. The fourth-order valence-electron chi connectivity index (χ4n) is 2.38. The molecule has 0 saturated carbocycles. The summed E-state index contributed by atoms with van der Waals surface area (Å²) >= 11 is 5.83. The van der Waals surface area contributed by atoms with Gasteiger partial charge < -0.3 is 0 Å². The monoisotopic (exact) mass is 397 g/mol. The van der Waals surface area contributed by atoms with E-state index in [1.54, 1.807) is 72.8 Å². The molecule has 0 aliphatic carbocycles. The van der Waals surface area contributed by atoms with E-state index in [1.165, 1.54) is 18.2 Å². The molecule has 1 N–H and O–H groups in total. The number of benzene rings is 3. The minimum atomic E-state index is -3.78. The lowest BCUT2D eigenvalue weighted by Crippen LogP contribution is -2.13. The normalized spacial score (nSPS) is 11.4. The van der Waals surface area contributed by atoms with Crippen LogP contribution in [0.3, 0.4) is 0 Å². The molecule has 4 nitrogen and oxygen atoms in total. The first-order valence-corrected chi connectivity index (χ1v) is 9.96. The van der Waals surface area contributed by atoms with Crippen molar-refractivity contribution in [2.24, 2.45) is 0 Å². The second kappa shape index (κ2) is 8.20. The first-order valence-electron chi connectivity index (χ1n) is 8.10. The Labute approximate surface area is 163 Å². The van der Waals surface area contributed by atoms with Gasteiger partial charge in [0.15, 0.2) is 5.78 Å². The highest BCUT2D eigenvalue weighted by molar-refractivity contribution is 7.92. The molecular weight excluding hydrogens is 382 g/mol. The summed E-state index contributed by atoms with van der Waals surface area (Å²) in [6.07, 6.45) is 3.06. The van der Waals surface area contributed by atoms with Gasteiger partial charge in [0.05, 0.1) is 4.90 Å². The summed E-state index contributed by atoms with van der Waals surface area (Å²) in [5.74, 6) is -0.290. The number of carbonyl (C=O) groups excluding carboxylic acids is 1. The van der Waals surface area contributed by atoms with Gasteiger partial charge in [0.1, 0.15) is 0 Å². The van der Waals surface area contributed by atoms with Crippen LogP contribution in [0.2, 0.25) is 5.02 Å². The van der Waals surface area contributed by atoms with Crippen molar-refractivity contribution in [3.8, 4) is 0 Å². The lowest BCUT2D eigenvalue weighted by Gasteiger charge is -2.08. The summed E-state index contributed by atoms with van der Waals surface area (Å²) < 4.78 is 27.6. The van der Waals surface area contributed by atoms with Crippen LogP contribution in [-0.2, 0) is 10.0 Å². The molecule has 0 unspecified atom stereocenters. The Balaban J connectivity index is 1.80. The number of allylic oxidation sites excluding steroid dienone is 1. The molecule has 0 aliphatic heterocycles. The van der Waals surface area contributed by atoms with Crippen LogP contribution in [0.4, 0.5) is 5.69 Å². The predicted molar refractivity (Wildman–Crippen MR) is 109 cm³/mol. The van der Waals surface area contributed by atoms with Crippen molar-refractivity contribution in [2.45, 2.75) is 4.90 Å². The maximum absolute atomic E-state index is 12.5. The maximum Gasteiger partial charge on any atom is 0.261 e. The summed E-state index contributed by atoms with van der Waals surface area (Å²) in [6, 6.07) is 21.5. The highest BCUT2D eigenvalue weighted by atomic mass is 35.5. The minimum Gasteiger partial charge on any atom is -0.289 e. The quantitative estimate of drug-likeness (QED) is 0.468. The maximum atomic E-state index is 12.5. The molecule has 0 amide bonds. The van der Waals surface area contributed by atoms with Crippen LogP contribution >= 0.6 is 11.6 Å². The second-order valence-electron chi connectivity index (χ2n) is 5.75. The molecule has 3 rings (SSSR count). The van der Waals surface area contributed by atoms with Crippen LogP contribution in [-0.4, -0.2) is 14.2 Å². The molecule has 0 atom stereocenters. The van der Waals surface area contributed by atoms with Crippen molar-refractivity contribution < 1.29 is 13.2 Å². The molecule has 3 aromatic carbocycles. The van der Waals surface area contributed by atoms with E-state index in [0.29, 0.717) is 10.7 Å². The third-order valence-electron chi connectivity index (χ3n) is 3.75. The molecule has 0 heterocycles. The third kappa shape index (κ3) is 5.06. The van der Waals surface area contributed by atoms with Gasteiger partial charge in [-0.25, -0.2) is 8.42 Å². The Hall–Kier alpha value is -2.89. The molecular formula is C21H16ClNO3S. The van der Waals surface area contributed by atoms with E-state index in [9.17, 15) is 13.2 Å². The fourth-order valence-corrected chi connectivity index (χ4v) is 3.61. The Morgan fingerprint density at radius 3 is 2.30 bits per heavy atom. The Bertz CT molecular complexity index is 1080. The molecule has 0 bridgehead atoms. The molecule has 0 spiro atoms. The fraction of sp³-hybridized carbons (Fsp3) is 0. The number of hydrogen-bond donors (Lipinski definition) is 1. The smallest absolute Gasteiger partial charge is 0.261 e. The van der Waals surface area contributed by atoms with Crippen LogP contribution in [0, 0.1) is 0 Å². The molecule has 6 heteroatoms. The Morgan fingerprint density at radius 1 is 0.889 bits per heavy atom. The predicted octanol–water partition coefficient (Wildman–Crippen LogP) is 5.04. The number of sulfonamides is 1. The van der Waals surface area contributed by atoms with Gasteiger partial charge >= 0.3 is 0 Å². The van der Waals surface area contributed by atoms with E-state index < -0.39 is 10.0 Å². The number of nitrogens with one attached hydrogen (secondary N) is 1. The van der Waals surface area contributed by atoms with Crippen molar-refractivity contribution >= 4 is 39.2 Å². The van der Waals surface area contributed by atoms with Crippen molar-refractivity contribution in [2.75, 3.05) is 4.72 Å². The van der Waals surface area contributed by atoms with E-state index in [4.69, 9.17) is 11.6 Å². The molecule has 0 aliphatic rings. The number of ketones is 1. The van der Waals surface area contributed by atoms with E-state index in [1.807, 2.05) is 0 Å². The number of rotatable bonds is 6. The van der Waals surface area contributed by atoms with Crippen molar-refractivity contribution in [3.63, 3.8) is 0 Å². The Morgan fingerprint density at radius 2 is 1.59 bits per heavy atom. The topological polar surface area (TPSA) is 63.2 Å². The van der Waals surface area contributed by atoms with Crippen molar-refractivity contribution in [1.82, 2.24) is 0 Å². The van der Waals surface area contributed by atoms with Crippen LogP contribution in [0.1, 0.15) is 15.9 Å². The number of carbonyl (C=O) groups is 1. The summed E-state index contributed by atoms with van der Waals surface area (Å²) in [5, 5.41) is 0.613. The standard InChI is InChI=1S/C21H16ClNO3S/c22-18-12-9-16(10-13-18)11-14-21(24)17-5-4-8-20(15-17)27(25,26)23-19-6-2-1-3-7-19/h1-15,23H/b14-11+. The molecule has 27 heavy (non-hydrogen) atoms. The van der Waals surface area contributed by atoms with Crippen LogP contribution in [0.25, 0.3) is 6.08 Å². The Kier molecular flexibility index (Phi) is 5.74. The van der Waals surface area contributed by atoms with Gasteiger partial charge in [0, 0.05) is 16.3 Å². The van der Waals surface area contributed by atoms with Crippen LogP contribution in [0.5, 0.6) is 0 Å². The van der Waals surface area contributed by atoms with Gasteiger partial charge in [-0.05, 0) is 48.0 Å². The second-order valence-corrected chi connectivity index (χ2v) is 7.87. The first kappa shape index (κ1) is 18.9. The van der Waals surface area contributed by atoms with E-state index in [0.717, 1.165) is 5.56 Å². The summed E-state index contributed by atoms with van der Waals surface area (Å²) in [5.41, 5.74) is 1.57. The number of hydrogen-bond acceptors (Lipinski definition) is 3. The largest absolute Gasteiger partial charge is 0.289 e. The lowest BCUT2D eigenvalue weighted by molar-refractivity contribution is 0.104. The van der Waals surface area contributed by atoms with Gasteiger partial charge in [0.2, 0.25) is 0 Å². The van der Waals surface area contributed by atoms with E-state index in [-0.39, 0.29) is 16.2 Å². The zero-order valence-electron chi connectivity index (χ0n) is 14.2. The first-order chi connectivity index (χ1) is 12.9. The summed E-state index contributed by atoms with van der Waals surface area (Å²) in [7, 11) is -3.78. The van der Waals surface area contributed by atoms with E-state index in [2.05, 4.69) is 4.72 Å². The molecule has 3 aromatic rings. The van der Waals surface area contributed by atoms with Crippen molar-refractivity contribution in [3.05, 3.63) is 101 Å². The highest BCUT2D eigenvalue weighted by Crippen LogP contribution is 2.18. The molecule has 0 saturated heterocycles. The van der Waals surface area contributed by atoms with Crippen molar-refractivity contribution in [1.29, 1.82) is 0 Å². The summed E-state index contributed by atoms with van der Waals surface area (Å²) in [4.78, 5) is 12.4. The van der Waals surface area contributed by atoms with Gasteiger partial charge in [-0.3, -0.25) is 9.52 Å². The zero-order chi connectivity index (χ0) is 19.3. The average molecular weight is 398 g/mol. The molecule has 0 radical (unpaired) electrons. The summed E-state index contributed by atoms with van der Waals surface area (Å²) in [6.45, 7) is 0. The molecule has 0 aromatic heterocycles. The molecule has 136 valence electrons. The molecule has 0 fully saturated rings. The number of anilines is 1. The lowest BCUT2D eigenvalue weighted by atomic mass is 10.1. The highest BCUT2D eigenvalue weighted by Gasteiger charge is 2.15. The minimum absolute atomic E-state index is 0.0251.